The third-order valence-corrected chi connectivity index (χ3v) is 6.35. The van der Waals surface area contributed by atoms with E-state index in [9.17, 15) is 9.18 Å². The number of methoxy groups -OCH3 is 2. The largest absolute Gasteiger partial charge is 0.493 e. The summed E-state index contributed by atoms with van der Waals surface area (Å²) in [6.45, 7) is 2.40. The zero-order valence-electron chi connectivity index (χ0n) is 21.3. The van der Waals surface area contributed by atoms with Crippen molar-refractivity contribution in [1.29, 1.82) is 0 Å². The van der Waals surface area contributed by atoms with Crippen molar-refractivity contribution in [2.75, 3.05) is 20.8 Å². The number of nitrogens with zero attached hydrogens (tertiary/aromatic N) is 5. The Morgan fingerprint density at radius 2 is 1.97 bits per heavy atom. The van der Waals surface area contributed by atoms with E-state index >= 15 is 0 Å². The van der Waals surface area contributed by atoms with Crippen molar-refractivity contribution in [1.82, 2.24) is 24.8 Å². The number of benzene rings is 2. The zero-order valence-corrected chi connectivity index (χ0v) is 21.3. The van der Waals surface area contributed by atoms with Gasteiger partial charge in [0, 0.05) is 23.7 Å². The van der Waals surface area contributed by atoms with E-state index in [0.29, 0.717) is 35.6 Å². The molecule has 0 amide bonds. The van der Waals surface area contributed by atoms with Crippen LogP contribution in [0.2, 0.25) is 0 Å². The van der Waals surface area contributed by atoms with Crippen molar-refractivity contribution in [2.24, 2.45) is 0 Å². The maximum absolute atomic E-state index is 14.6. The van der Waals surface area contributed by atoms with Crippen molar-refractivity contribution >= 4 is 5.97 Å². The summed E-state index contributed by atoms with van der Waals surface area (Å²) in [5.41, 5.74) is 3.07. The first-order valence-electron chi connectivity index (χ1n) is 12.3. The summed E-state index contributed by atoms with van der Waals surface area (Å²) >= 11 is 0. The van der Waals surface area contributed by atoms with Gasteiger partial charge in [-0.2, -0.15) is 4.80 Å². The molecule has 0 fully saturated rings. The van der Waals surface area contributed by atoms with Crippen LogP contribution in [0.4, 0.5) is 4.39 Å². The topological polar surface area (TPSA) is 103 Å². The van der Waals surface area contributed by atoms with Crippen LogP contribution in [0.5, 0.6) is 11.5 Å². The summed E-state index contributed by atoms with van der Waals surface area (Å²) in [7, 11) is 3.13. The molecule has 0 saturated carbocycles. The lowest BCUT2D eigenvalue weighted by molar-refractivity contribution is -0.142. The molecule has 2 atom stereocenters. The fourth-order valence-corrected chi connectivity index (χ4v) is 4.73. The van der Waals surface area contributed by atoms with E-state index < -0.39 is 18.2 Å². The SMILES string of the molecule is CCOC(=O)Cc1nnn(CC[C@@H]2O[C@@H](c3cccc(OC)c3OC)c3cc(F)ccc3-n3cccc32)n1. The molecule has 0 bridgehead atoms. The van der Waals surface area contributed by atoms with Crippen LogP contribution in [0.3, 0.4) is 0 Å². The lowest BCUT2D eigenvalue weighted by Gasteiger charge is -2.25. The third-order valence-electron chi connectivity index (χ3n) is 6.35. The Morgan fingerprint density at radius 3 is 2.76 bits per heavy atom. The highest BCUT2D eigenvalue weighted by Gasteiger charge is 2.33. The van der Waals surface area contributed by atoms with Crippen LogP contribution in [0.25, 0.3) is 5.69 Å². The first-order chi connectivity index (χ1) is 18.5. The van der Waals surface area contributed by atoms with Crippen LogP contribution < -0.4 is 9.47 Å². The Labute approximate surface area is 218 Å². The summed E-state index contributed by atoms with van der Waals surface area (Å²) in [5, 5.41) is 12.4. The normalized spacial score (nSPS) is 16.3. The van der Waals surface area contributed by atoms with Crippen LogP contribution >= 0.6 is 0 Å². The van der Waals surface area contributed by atoms with Crippen molar-refractivity contribution in [3.8, 4) is 17.2 Å². The number of hydrogen-bond donors (Lipinski definition) is 0. The van der Waals surface area contributed by atoms with Gasteiger partial charge in [0.25, 0.3) is 0 Å². The van der Waals surface area contributed by atoms with Crippen molar-refractivity contribution in [3.05, 3.63) is 83.2 Å². The van der Waals surface area contributed by atoms with Gasteiger partial charge in [0.2, 0.25) is 0 Å². The first-order valence-corrected chi connectivity index (χ1v) is 12.3. The first kappa shape index (κ1) is 25.4. The van der Waals surface area contributed by atoms with Crippen LogP contribution in [0.15, 0.2) is 54.7 Å². The lowest BCUT2D eigenvalue weighted by atomic mass is 9.98. The molecule has 1 aliphatic rings. The van der Waals surface area contributed by atoms with Crippen molar-refractivity contribution < 1.29 is 28.1 Å². The van der Waals surface area contributed by atoms with Crippen LogP contribution in [-0.2, 0) is 27.2 Å². The number of ether oxygens (including phenoxy) is 4. The molecule has 0 saturated heterocycles. The van der Waals surface area contributed by atoms with Crippen LogP contribution in [-0.4, -0.2) is 51.6 Å². The summed E-state index contributed by atoms with van der Waals surface area (Å²) in [6, 6.07) is 14.1. The van der Waals surface area contributed by atoms with Gasteiger partial charge in [0.1, 0.15) is 24.4 Å². The molecule has 38 heavy (non-hydrogen) atoms. The molecule has 0 radical (unpaired) electrons. The number of halogens is 1. The Morgan fingerprint density at radius 1 is 1.11 bits per heavy atom. The molecule has 2 aromatic carbocycles. The second kappa shape index (κ2) is 11.0. The Kier molecular flexibility index (Phi) is 7.36. The van der Waals surface area contributed by atoms with Crippen LogP contribution in [0, 0.1) is 5.82 Å². The minimum absolute atomic E-state index is 0.0464. The molecule has 2 aromatic heterocycles. The highest BCUT2D eigenvalue weighted by atomic mass is 19.1. The molecule has 198 valence electrons. The highest BCUT2D eigenvalue weighted by Crippen LogP contribution is 2.46. The number of aromatic nitrogens is 5. The summed E-state index contributed by atoms with van der Waals surface area (Å²) in [4.78, 5) is 13.2. The molecule has 1 aliphatic heterocycles. The van der Waals surface area contributed by atoms with Gasteiger partial charge in [-0.15, -0.1) is 10.2 Å². The van der Waals surface area contributed by atoms with E-state index in [1.165, 1.54) is 16.9 Å². The fourth-order valence-electron chi connectivity index (χ4n) is 4.73. The molecular weight excluding hydrogens is 493 g/mol. The van der Waals surface area contributed by atoms with Gasteiger partial charge in [0.05, 0.1) is 38.8 Å². The van der Waals surface area contributed by atoms with Gasteiger partial charge in [-0.1, -0.05) is 12.1 Å². The minimum Gasteiger partial charge on any atom is -0.493 e. The lowest BCUT2D eigenvalue weighted by Crippen LogP contribution is -2.15. The number of tetrazole rings is 1. The Balaban J connectivity index is 1.49. The second-order valence-electron chi connectivity index (χ2n) is 8.67. The smallest absolute Gasteiger partial charge is 0.313 e. The number of carbonyl (C=O) groups is 1. The van der Waals surface area contributed by atoms with Gasteiger partial charge in [-0.3, -0.25) is 4.79 Å². The molecule has 0 spiro atoms. The maximum atomic E-state index is 14.6. The summed E-state index contributed by atoms with van der Waals surface area (Å²) in [6.07, 6.45) is 1.30. The van der Waals surface area contributed by atoms with E-state index in [1.807, 2.05) is 35.0 Å². The number of rotatable bonds is 9. The minimum atomic E-state index is -0.654. The van der Waals surface area contributed by atoms with E-state index in [0.717, 1.165) is 11.4 Å². The molecule has 10 nitrogen and oxygen atoms in total. The van der Waals surface area contributed by atoms with Gasteiger partial charge < -0.3 is 23.5 Å². The predicted octanol–water partition coefficient (Wildman–Crippen LogP) is 3.98. The molecule has 0 aliphatic carbocycles. The van der Waals surface area contributed by atoms with E-state index in [-0.39, 0.29) is 24.7 Å². The molecule has 5 rings (SSSR count). The monoisotopic (exact) mass is 521 g/mol. The standard InChI is InChI=1S/C27H28FN5O5/c1-4-37-25(34)16-24-29-31-33(30-24)14-12-22-21-8-6-13-32(21)20-11-10-17(28)15-19(20)26(38-22)18-7-5-9-23(35-2)27(18)36-3/h5-11,13,15,22,26H,4,12,14,16H2,1-3H3/t22-,26-/m0/s1. The average Bonchev–Trinajstić information content (AvgIpc) is 3.56. The molecule has 0 unspecified atom stereocenters. The summed E-state index contributed by atoms with van der Waals surface area (Å²) in [5.74, 6) is 0.579. The number of aryl methyl sites for hydroxylation is 1. The second-order valence-corrected chi connectivity index (χ2v) is 8.67. The van der Waals surface area contributed by atoms with Crippen LogP contribution in [0.1, 0.15) is 48.2 Å². The fraction of sp³-hybridized carbons (Fsp3) is 0.333. The van der Waals surface area contributed by atoms with E-state index in [2.05, 4.69) is 15.4 Å². The Bertz CT molecular complexity index is 1430. The average molecular weight is 522 g/mol. The number of para-hydroxylation sites is 1. The molecule has 0 N–H and O–H groups in total. The van der Waals surface area contributed by atoms with Crippen molar-refractivity contribution in [3.63, 3.8) is 0 Å². The molecule has 11 heteroatoms. The van der Waals surface area contributed by atoms with Gasteiger partial charge in [-0.05, 0) is 48.5 Å². The number of hydrogen-bond acceptors (Lipinski definition) is 8. The zero-order chi connectivity index (χ0) is 26.6. The molecule has 3 heterocycles. The number of esters is 1. The van der Waals surface area contributed by atoms with Gasteiger partial charge >= 0.3 is 5.97 Å². The quantitative estimate of drug-likeness (QED) is 0.305. The number of fused-ring (bicyclic) bond motifs is 3. The van der Waals surface area contributed by atoms with E-state index in [4.69, 9.17) is 18.9 Å². The number of carbonyl (C=O) groups excluding carboxylic acids is 1. The van der Waals surface area contributed by atoms with E-state index in [1.54, 1.807) is 33.3 Å². The molecular formula is C27H28FN5O5. The van der Waals surface area contributed by atoms with Gasteiger partial charge in [-0.25, -0.2) is 4.39 Å². The third kappa shape index (κ3) is 4.97. The highest BCUT2D eigenvalue weighted by molar-refractivity contribution is 5.71. The molecule has 4 aromatic rings. The van der Waals surface area contributed by atoms with Crippen molar-refractivity contribution in [2.45, 2.75) is 38.5 Å². The van der Waals surface area contributed by atoms with Gasteiger partial charge in [0.15, 0.2) is 17.3 Å². The maximum Gasteiger partial charge on any atom is 0.313 e. The summed E-state index contributed by atoms with van der Waals surface area (Å²) < 4.78 is 39.5. The Hall–Kier alpha value is -4.25. The predicted molar refractivity (Wildman–Crippen MR) is 134 cm³/mol.